The monoisotopic (exact) mass is 323 g/mol. The van der Waals surface area contributed by atoms with Gasteiger partial charge in [-0.3, -0.25) is 15.1 Å². The van der Waals surface area contributed by atoms with Gasteiger partial charge in [-0.15, -0.1) is 0 Å². The van der Waals surface area contributed by atoms with Crippen LogP contribution in [-0.4, -0.2) is 25.4 Å². The minimum Gasteiger partial charge on any atom is -0.490 e. The molecule has 0 saturated carbocycles. The highest BCUT2D eigenvalue weighted by Crippen LogP contribution is 2.29. The summed E-state index contributed by atoms with van der Waals surface area (Å²) in [6, 6.07) is 8.55. The molecule has 0 aliphatic carbocycles. The fraction of sp³-hybridized carbons (Fsp3) is 0.154. The average Bonchev–Trinajstić information content (AvgIpc) is 2.53. The van der Waals surface area contributed by atoms with Crippen molar-refractivity contribution < 1.29 is 18.1 Å². The van der Waals surface area contributed by atoms with Gasteiger partial charge in [0, 0.05) is 12.3 Å². The van der Waals surface area contributed by atoms with Gasteiger partial charge in [-0.05, 0) is 24.3 Å². The molecule has 0 bridgehead atoms. The Bertz CT molecular complexity index is 778. The molecule has 8 nitrogen and oxygen atoms in total. The van der Waals surface area contributed by atoms with Gasteiger partial charge in [0.1, 0.15) is 0 Å². The highest BCUT2D eigenvalue weighted by atomic mass is 32.2. The van der Waals surface area contributed by atoms with E-state index in [-0.39, 0.29) is 17.2 Å². The lowest BCUT2D eigenvalue weighted by Crippen LogP contribution is -2.23. The average molecular weight is 323 g/mol. The second-order valence-electron chi connectivity index (χ2n) is 4.24. The zero-order valence-corrected chi connectivity index (χ0v) is 12.4. The number of pyridine rings is 1. The van der Waals surface area contributed by atoms with Crippen LogP contribution in [0.5, 0.6) is 5.75 Å². The number of nitro groups is 1. The lowest BCUT2D eigenvalue weighted by molar-refractivity contribution is -0.386. The molecule has 0 amide bonds. The number of hydrogen-bond donors (Lipinski definition) is 1. The van der Waals surface area contributed by atoms with Crippen LogP contribution in [0.15, 0.2) is 47.5 Å². The number of rotatable bonds is 6. The van der Waals surface area contributed by atoms with E-state index in [0.29, 0.717) is 5.69 Å². The van der Waals surface area contributed by atoms with Gasteiger partial charge in [0.05, 0.1) is 29.2 Å². The minimum atomic E-state index is -3.89. The van der Waals surface area contributed by atoms with Crippen LogP contribution < -0.4 is 9.46 Å². The second kappa shape index (κ2) is 6.50. The Morgan fingerprint density at radius 3 is 2.68 bits per heavy atom. The number of nitrogens with zero attached hydrogens (tertiary/aromatic N) is 2. The van der Waals surface area contributed by atoms with E-state index in [0.717, 1.165) is 6.07 Å². The molecule has 2 aromatic rings. The largest absolute Gasteiger partial charge is 0.490 e. The first kappa shape index (κ1) is 15.9. The Kier molecular flexibility index (Phi) is 4.68. The van der Waals surface area contributed by atoms with E-state index in [4.69, 9.17) is 4.74 Å². The van der Waals surface area contributed by atoms with Gasteiger partial charge in [0.25, 0.3) is 0 Å². The first-order valence-electron chi connectivity index (χ1n) is 6.16. The predicted octanol–water partition coefficient (Wildman–Crippen LogP) is 1.48. The maximum absolute atomic E-state index is 12.2. The quantitative estimate of drug-likeness (QED) is 0.636. The lowest BCUT2D eigenvalue weighted by atomic mass is 10.3. The van der Waals surface area contributed by atoms with Crippen molar-refractivity contribution >= 4 is 15.7 Å². The summed E-state index contributed by atoms with van der Waals surface area (Å²) < 4.78 is 31.5. The number of sulfonamides is 1. The molecular weight excluding hydrogens is 310 g/mol. The molecule has 0 fully saturated rings. The van der Waals surface area contributed by atoms with Crippen molar-refractivity contribution in [3.8, 4) is 5.75 Å². The van der Waals surface area contributed by atoms with Gasteiger partial charge < -0.3 is 4.74 Å². The van der Waals surface area contributed by atoms with Gasteiger partial charge >= 0.3 is 5.69 Å². The van der Waals surface area contributed by atoms with Crippen molar-refractivity contribution in [2.75, 3.05) is 7.11 Å². The van der Waals surface area contributed by atoms with E-state index >= 15 is 0 Å². The van der Waals surface area contributed by atoms with Crippen molar-refractivity contribution in [1.29, 1.82) is 0 Å². The van der Waals surface area contributed by atoms with Gasteiger partial charge in [0.15, 0.2) is 5.75 Å². The van der Waals surface area contributed by atoms with Crippen LogP contribution in [0.25, 0.3) is 0 Å². The number of benzene rings is 1. The van der Waals surface area contributed by atoms with Gasteiger partial charge in [-0.1, -0.05) is 6.07 Å². The van der Waals surface area contributed by atoms with Gasteiger partial charge in [-0.25, -0.2) is 13.1 Å². The number of nitro benzene ring substituents is 1. The highest BCUT2D eigenvalue weighted by Gasteiger charge is 2.21. The number of hydrogen-bond acceptors (Lipinski definition) is 6. The third kappa shape index (κ3) is 3.57. The first-order chi connectivity index (χ1) is 10.4. The number of aromatic nitrogens is 1. The Morgan fingerprint density at radius 1 is 1.32 bits per heavy atom. The van der Waals surface area contributed by atoms with Crippen LogP contribution in [0.4, 0.5) is 5.69 Å². The lowest BCUT2D eigenvalue weighted by Gasteiger charge is -2.08. The van der Waals surface area contributed by atoms with Crippen molar-refractivity contribution in [2.45, 2.75) is 11.4 Å². The molecule has 22 heavy (non-hydrogen) atoms. The van der Waals surface area contributed by atoms with Gasteiger partial charge in [0.2, 0.25) is 10.0 Å². The van der Waals surface area contributed by atoms with Crippen LogP contribution in [0.1, 0.15) is 5.69 Å². The molecule has 0 radical (unpaired) electrons. The number of nitrogens with one attached hydrogen (secondary N) is 1. The maximum atomic E-state index is 12.2. The van der Waals surface area contributed by atoms with Gasteiger partial charge in [-0.2, -0.15) is 0 Å². The van der Waals surface area contributed by atoms with Crippen molar-refractivity contribution in [3.05, 3.63) is 58.4 Å². The third-order valence-electron chi connectivity index (χ3n) is 2.83. The summed E-state index contributed by atoms with van der Waals surface area (Å²) in [5, 5.41) is 10.9. The summed E-state index contributed by atoms with van der Waals surface area (Å²) in [6.45, 7) is -0.0109. The summed E-state index contributed by atoms with van der Waals surface area (Å²) in [5.41, 5.74) is 0.122. The molecule has 9 heteroatoms. The van der Waals surface area contributed by atoms with Crippen molar-refractivity contribution in [2.24, 2.45) is 0 Å². The molecule has 1 aromatic carbocycles. The summed E-state index contributed by atoms with van der Waals surface area (Å²) >= 11 is 0. The normalized spacial score (nSPS) is 11.1. The highest BCUT2D eigenvalue weighted by molar-refractivity contribution is 7.89. The van der Waals surface area contributed by atoms with Crippen LogP contribution in [0.3, 0.4) is 0 Å². The molecule has 1 heterocycles. The predicted molar refractivity (Wildman–Crippen MR) is 77.9 cm³/mol. The maximum Gasteiger partial charge on any atom is 0.312 e. The summed E-state index contributed by atoms with van der Waals surface area (Å²) in [7, 11) is -2.62. The first-order valence-corrected chi connectivity index (χ1v) is 7.64. The Balaban J connectivity index is 2.26. The van der Waals surface area contributed by atoms with Crippen LogP contribution >= 0.6 is 0 Å². The Hall–Kier alpha value is -2.52. The van der Waals surface area contributed by atoms with Crippen molar-refractivity contribution in [1.82, 2.24) is 9.71 Å². The SMILES string of the molecule is COc1ccc(S(=O)(=O)NCc2ccccn2)cc1[N+](=O)[O-]. The van der Waals surface area contributed by atoms with E-state index in [1.165, 1.54) is 19.2 Å². The fourth-order valence-electron chi connectivity index (χ4n) is 1.73. The summed E-state index contributed by atoms with van der Waals surface area (Å²) in [6.07, 6.45) is 1.54. The number of methoxy groups -OCH3 is 1. The Morgan fingerprint density at radius 2 is 2.09 bits per heavy atom. The molecule has 0 atom stereocenters. The molecular formula is C13H13N3O5S. The van der Waals surface area contributed by atoms with Crippen LogP contribution in [0.2, 0.25) is 0 Å². The van der Waals surface area contributed by atoms with E-state index in [1.807, 2.05) is 0 Å². The molecule has 0 spiro atoms. The third-order valence-corrected chi connectivity index (χ3v) is 4.23. The molecule has 2 rings (SSSR count). The van der Waals surface area contributed by atoms with Crippen LogP contribution in [-0.2, 0) is 16.6 Å². The number of ether oxygens (including phenoxy) is 1. The van der Waals surface area contributed by atoms with E-state index in [1.54, 1.807) is 24.4 Å². The molecule has 0 aliphatic rings. The molecule has 0 unspecified atom stereocenters. The molecule has 116 valence electrons. The van der Waals surface area contributed by atoms with Crippen molar-refractivity contribution in [3.63, 3.8) is 0 Å². The summed E-state index contributed by atoms with van der Waals surface area (Å²) in [4.78, 5) is 14.0. The standard InChI is InChI=1S/C13H13N3O5S/c1-21-13-6-5-11(8-12(13)16(17)18)22(19,20)15-9-10-4-2-3-7-14-10/h2-8,15H,9H2,1H3. The molecule has 0 saturated heterocycles. The molecule has 1 N–H and O–H groups in total. The van der Waals surface area contributed by atoms with E-state index < -0.39 is 20.6 Å². The summed E-state index contributed by atoms with van der Waals surface area (Å²) in [5.74, 6) is -0.00586. The second-order valence-corrected chi connectivity index (χ2v) is 6.00. The molecule has 1 aromatic heterocycles. The Labute approximate surface area is 127 Å². The minimum absolute atomic E-state index is 0.00586. The van der Waals surface area contributed by atoms with E-state index in [9.17, 15) is 18.5 Å². The smallest absolute Gasteiger partial charge is 0.312 e. The van der Waals surface area contributed by atoms with Crippen LogP contribution in [0, 0.1) is 10.1 Å². The van der Waals surface area contributed by atoms with E-state index in [2.05, 4.69) is 9.71 Å². The fourth-order valence-corrected chi connectivity index (χ4v) is 2.75. The topological polar surface area (TPSA) is 111 Å². The zero-order valence-electron chi connectivity index (χ0n) is 11.6. The molecule has 0 aliphatic heterocycles. The zero-order chi connectivity index (χ0) is 16.2.